The van der Waals surface area contributed by atoms with E-state index in [1.165, 1.54) is 11.3 Å². The molecule has 4 N–H and O–H groups in total. The van der Waals surface area contributed by atoms with Crippen LogP contribution in [-0.4, -0.2) is 69.6 Å². The summed E-state index contributed by atoms with van der Waals surface area (Å²) < 4.78 is 0. The van der Waals surface area contributed by atoms with E-state index in [0.717, 1.165) is 27.7 Å². The van der Waals surface area contributed by atoms with E-state index in [9.17, 15) is 14.4 Å². The number of H-pyrrole nitrogens is 1. The summed E-state index contributed by atoms with van der Waals surface area (Å²) in [7, 11) is 0. The maximum Gasteiger partial charge on any atom is 0.254 e. The molecule has 10 heteroatoms. The molecule has 0 saturated carbocycles. The monoisotopic (exact) mass is 606 g/mol. The smallest absolute Gasteiger partial charge is 0.254 e. The first-order chi connectivity index (χ1) is 21.4. The zero-order valence-corrected chi connectivity index (χ0v) is 25.3. The lowest BCUT2D eigenvalue weighted by atomic mass is 9.97. The van der Waals surface area contributed by atoms with E-state index in [-0.39, 0.29) is 11.7 Å². The van der Waals surface area contributed by atoms with Gasteiger partial charge in [-0.05, 0) is 24.6 Å². The molecule has 1 aliphatic heterocycles. The molecule has 1 saturated heterocycles. The first-order valence-corrected chi connectivity index (χ1v) is 15.5. The number of amides is 2. The van der Waals surface area contributed by atoms with E-state index in [2.05, 4.69) is 15.2 Å². The number of thiazole rings is 1. The highest BCUT2D eigenvalue weighted by molar-refractivity contribution is 7.13. The number of aryl methyl sites for hydroxylation is 1. The van der Waals surface area contributed by atoms with Gasteiger partial charge in [-0.1, -0.05) is 66.2 Å². The maximum absolute atomic E-state index is 13.5. The van der Waals surface area contributed by atoms with Crippen LogP contribution in [0.5, 0.6) is 0 Å². The minimum Gasteiger partial charge on any atom is -0.368 e. The van der Waals surface area contributed by atoms with Crippen LogP contribution in [0.2, 0.25) is 0 Å². The number of piperazine rings is 1. The van der Waals surface area contributed by atoms with Crippen molar-refractivity contribution >= 4 is 45.0 Å². The van der Waals surface area contributed by atoms with Crippen LogP contribution in [0, 0.1) is 6.92 Å². The quantitative estimate of drug-likeness (QED) is 0.199. The van der Waals surface area contributed by atoms with Crippen LogP contribution < -0.4 is 11.1 Å². The number of hydrogen-bond acceptors (Lipinski definition) is 7. The molecule has 224 valence electrons. The first-order valence-electron chi connectivity index (χ1n) is 14.6. The molecule has 0 aliphatic carbocycles. The van der Waals surface area contributed by atoms with Crippen LogP contribution in [-0.2, 0) is 17.8 Å². The fourth-order valence-corrected chi connectivity index (χ4v) is 6.33. The Kier molecular flexibility index (Phi) is 8.53. The number of carbonyl (C=O) groups is 3. The summed E-state index contributed by atoms with van der Waals surface area (Å²) in [6.07, 6.45) is 2.37. The lowest BCUT2D eigenvalue weighted by Gasteiger charge is -2.34. The van der Waals surface area contributed by atoms with Crippen LogP contribution in [0.1, 0.15) is 43.1 Å². The number of aromatic amines is 1. The SMILES string of the molecule is Cc1ccc(C(=O)c2ccccc2C(=O)N2CCN(Cc3csc(NC(Cc4c[nH]c5ccccc45)C(N)=O)n3)CC2)cc1. The molecular formula is C34H34N6O3S. The van der Waals surface area contributed by atoms with Crippen LogP contribution >= 0.6 is 11.3 Å². The van der Waals surface area contributed by atoms with Crippen molar-refractivity contribution in [3.8, 4) is 0 Å². The summed E-state index contributed by atoms with van der Waals surface area (Å²) in [5.41, 5.74) is 11.2. The number of rotatable bonds is 10. The number of nitrogens with two attached hydrogens (primary N) is 1. The Hall–Kier alpha value is -4.80. The fourth-order valence-electron chi connectivity index (χ4n) is 5.57. The van der Waals surface area contributed by atoms with Crippen LogP contribution in [0.3, 0.4) is 0 Å². The van der Waals surface area contributed by atoms with Gasteiger partial charge in [0.15, 0.2) is 10.9 Å². The zero-order valence-electron chi connectivity index (χ0n) is 24.5. The second kappa shape index (κ2) is 12.8. The first kappa shape index (κ1) is 29.3. The number of carbonyl (C=O) groups excluding carboxylic acids is 3. The molecule has 1 fully saturated rings. The number of anilines is 1. The minimum absolute atomic E-state index is 0.131. The molecule has 1 aliphatic rings. The van der Waals surface area contributed by atoms with Gasteiger partial charge in [0.2, 0.25) is 5.91 Å². The maximum atomic E-state index is 13.5. The molecule has 3 heterocycles. The van der Waals surface area contributed by atoms with Crippen molar-refractivity contribution in [2.24, 2.45) is 5.73 Å². The predicted molar refractivity (Wildman–Crippen MR) is 173 cm³/mol. The Morgan fingerprint density at radius 2 is 1.66 bits per heavy atom. The third-order valence-electron chi connectivity index (χ3n) is 8.05. The summed E-state index contributed by atoms with van der Waals surface area (Å²) in [6.45, 7) is 5.08. The highest BCUT2D eigenvalue weighted by Crippen LogP contribution is 2.23. The van der Waals surface area contributed by atoms with Crippen molar-refractivity contribution in [2.75, 3.05) is 31.5 Å². The van der Waals surface area contributed by atoms with E-state index >= 15 is 0 Å². The average molecular weight is 607 g/mol. The van der Waals surface area contributed by atoms with E-state index in [1.54, 1.807) is 36.4 Å². The number of para-hydroxylation sites is 1. The lowest BCUT2D eigenvalue weighted by Crippen LogP contribution is -2.48. The summed E-state index contributed by atoms with van der Waals surface area (Å²) in [6, 6.07) is 21.8. The molecule has 3 aromatic carbocycles. The van der Waals surface area contributed by atoms with Gasteiger partial charge in [-0.2, -0.15) is 0 Å². The number of nitrogens with one attached hydrogen (secondary N) is 2. The van der Waals surface area contributed by atoms with Gasteiger partial charge < -0.3 is 20.9 Å². The van der Waals surface area contributed by atoms with Crippen molar-refractivity contribution in [1.82, 2.24) is 19.8 Å². The second-order valence-electron chi connectivity index (χ2n) is 11.1. The van der Waals surface area contributed by atoms with Crippen LogP contribution in [0.25, 0.3) is 10.9 Å². The van der Waals surface area contributed by atoms with Crippen LogP contribution in [0.15, 0.2) is 84.4 Å². The van der Waals surface area contributed by atoms with E-state index in [0.29, 0.717) is 61.0 Å². The van der Waals surface area contributed by atoms with Crippen molar-refractivity contribution in [3.05, 3.63) is 118 Å². The van der Waals surface area contributed by atoms with Gasteiger partial charge in [0, 0.05) is 72.8 Å². The average Bonchev–Trinajstić information content (AvgIpc) is 3.67. The third kappa shape index (κ3) is 6.41. The number of hydrogen-bond donors (Lipinski definition) is 3. The fraction of sp³-hybridized carbons (Fsp3) is 0.235. The normalized spacial score (nSPS) is 14.4. The standard InChI is InChI=1S/C34H34N6O3S/c1-22-10-12-23(13-11-22)31(41)27-7-2-3-8-28(27)33(43)40-16-14-39(15-17-40)20-25-21-44-34(37-25)38-30(32(35)42)18-24-19-36-29-9-5-4-6-26(24)29/h2-13,19,21,30,36H,14-18,20H2,1H3,(H2,35,42)(H,37,38). The van der Waals surface area contributed by atoms with Crippen molar-refractivity contribution in [3.63, 3.8) is 0 Å². The Balaban J connectivity index is 1.05. The van der Waals surface area contributed by atoms with Gasteiger partial charge >= 0.3 is 0 Å². The topological polar surface area (TPSA) is 124 Å². The molecule has 1 atom stereocenters. The summed E-state index contributed by atoms with van der Waals surface area (Å²) in [5, 5.41) is 6.93. The van der Waals surface area contributed by atoms with Gasteiger partial charge in [0.05, 0.1) is 11.3 Å². The molecular weight excluding hydrogens is 572 g/mol. The number of primary amides is 1. The largest absolute Gasteiger partial charge is 0.368 e. The molecule has 5 aromatic rings. The highest BCUT2D eigenvalue weighted by Gasteiger charge is 2.26. The minimum atomic E-state index is -0.594. The Morgan fingerprint density at radius 3 is 2.41 bits per heavy atom. The number of aromatic nitrogens is 2. The number of nitrogens with zero attached hydrogens (tertiary/aromatic N) is 3. The van der Waals surface area contributed by atoms with Gasteiger partial charge in [-0.25, -0.2) is 4.98 Å². The van der Waals surface area contributed by atoms with Gasteiger partial charge in [0.1, 0.15) is 6.04 Å². The summed E-state index contributed by atoms with van der Waals surface area (Å²) in [4.78, 5) is 51.1. The van der Waals surface area contributed by atoms with Crippen molar-refractivity contribution in [2.45, 2.75) is 25.9 Å². The van der Waals surface area contributed by atoms with Crippen molar-refractivity contribution in [1.29, 1.82) is 0 Å². The van der Waals surface area contributed by atoms with E-state index in [4.69, 9.17) is 10.7 Å². The number of benzene rings is 3. The Bertz CT molecular complexity index is 1800. The molecule has 9 nitrogen and oxygen atoms in total. The molecule has 0 bridgehead atoms. The van der Waals surface area contributed by atoms with Crippen molar-refractivity contribution < 1.29 is 14.4 Å². The third-order valence-corrected chi connectivity index (χ3v) is 8.88. The van der Waals surface area contributed by atoms with Crippen LogP contribution in [0.4, 0.5) is 5.13 Å². The number of fused-ring (bicyclic) bond motifs is 1. The molecule has 1 unspecified atom stereocenters. The van der Waals surface area contributed by atoms with E-state index < -0.39 is 11.9 Å². The summed E-state index contributed by atoms with van der Waals surface area (Å²) in [5.74, 6) is -0.718. The lowest BCUT2D eigenvalue weighted by molar-refractivity contribution is -0.118. The number of ketones is 1. The zero-order chi connectivity index (χ0) is 30.6. The molecule has 2 aromatic heterocycles. The van der Waals surface area contributed by atoms with Gasteiger partial charge in [-0.3, -0.25) is 19.3 Å². The Morgan fingerprint density at radius 1 is 0.955 bits per heavy atom. The molecule has 0 spiro atoms. The van der Waals surface area contributed by atoms with Gasteiger partial charge in [0.25, 0.3) is 5.91 Å². The molecule has 2 amide bonds. The van der Waals surface area contributed by atoms with E-state index in [1.807, 2.05) is 59.8 Å². The van der Waals surface area contributed by atoms with Gasteiger partial charge in [-0.15, -0.1) is 11.3 Å². The molecule has 44 heavy (non-hydrogen) atoms. The molecule has 6 rings (SSSR count). The Labute approximate surface area is 259 Å². The summed E-state index contributed by atoms with van der Waals surface area (Å²) >= 11 is 1.45. The predicted octanol–water partition coefficient (Wildman–Crippen LogP) is 4.63. The second-order valence-corrected chi connectivity index (χ2v) is 12.0. The highest BCUT2D eigenvalue weighted by atomic mass is 32.1. The molecule has 0 radical (unpaired) electrons.